The average molecular weight is 204 g/mol. The van der Waals surface area contributed by atoms with Gasteiger partial charge in [-0.25, -0.2) is 0 Å². The zero-order chi connectivity index (χ0) is 10.8. The first kappa shape index (κ1) is 9.64. The van der Waals surface area contributed by atoms with Gasteiger partial charge in [-0.05, 0) is 42.0 Å². The van der Waals surface area contributed by atoms with E-state index < -0.39 is 0 Å². The summed E-state index contributed by atoms with van der Waals surface area (Å²) in [4.78, 5) is 0. The monoisotopic (exact) mass is 204 g/mol. The molecular formula is C10H12N4O. The number of hydrogen-bond donors (Lipinski definition) is 0. The van der Waals surface area contributed by atoms with Gasteiger partial charge in [0.25, 0.3) is 0 Å². The Morgan fingerprint density at radius 3 is 2.60 bits per heavy atom. The molecule has 5 nitrogen and oxygen atoms in total. The fourth-order valence-corrected chi connectivity index (χ4v) is 1.44. The largest absolute Gasteiger partial charge is 0.497 e. The minimum absolute atomic E-state index is 0.752. The lowest BCUT2D eigenvalue weighted by Gasteiger charge is -2.06. The van der Waals surface area contributed by atoms with Crippen LogP contribution in [0.3, 0.4) is 0 Å². The van der Waals surface area contributed by atoms with E-state index in [2.05, 4.69) is 15.5 Å². The maximum Gasteiger partial charge on any atom is 0.153 e. The van der Waals surface area contributed by atoms with Crippen LogP contribution in [0.1, 0.15) is 11.4 Å². The summed E-state index contributed by atoms with van der Waals surface area (Å²) in [5, 5.41) is 11.3. The van der Waals surface area contributed by atoms with E-state index in [9.17, 15) is 0 Å². The fraction of sp³-hybridized carbons (Fsp3) is 0.300. The number of aromatic nitrogens is 4. The number of hydrogen-bond acceptors (Lipinski definition) is 4. The second-order valence-corrected chi connectivity index (χ2v) is 3.35. The van der Waals surface area contributed by atoms with Gasteiger partial charge < -0.3 is 4.74 Å². The molecule has 0 amide bonds. The van der Waals surface area contributed by atoms with Crippen LogP contribution in [0.15, 0.2) is 18.2 Å². The summed E-state index contributed by atoms with van der Waals surface area (Å²) in [5.74, 6) is 1.56. The van der Waals surface area contributed by atoms with Crippen LogP contribution >= 0.6 is 0 Å². The van der Waals surface area contributed by atoms with E-state index >= 15 is 0 Å². The predicted molar refractivity (Wildman–Crippen MR) is 55.2 cm³/mol. The Balaban J connectivity index is 2.53. The normalized spacial score (nSPS) is 10.3. The lowest BCUT2D eigenvalue weighted by atomic mass is 10.2. The van der Waals surface area contributed by atoms with Gasteiger partial charge in [0.1, 0.15) is 5.75 Å². The Hall–Kier alpha value is -1.91. The van der Waals surface area contributed by atoms with Gasteiger partial charge in [0.15, 0.2) is 5.82 Å². The van der Waals surface area contributed by atoms with Crippen LogP contribution in [0.5, 0.6) is 5.75 Å². The van der Waals surface area contributed by atoms with Crippen LogP contribution in [0, 0.1) is 13.8 Å². The van der Waals surface area contributed by atoms with Gasteiger partial charge >= 0.3 is 0 Å². The molecule has 15 heavy (non-hydrogen) atoms. The zero-order valence-electron chi connectivity index (χ0n) is 8.93. The van der Waals surface area contributed by atoms with Crippen LogP contribution in [0.2, 0.25) is 0 Å². The molecule has 0 bridgehead atoms. The molecule has 78 valence electrons. The SMILES string of the molecule is COc1cc(C)cc(-n2nnnc2C)c1. The van der Waals surface area contributed by atoms with E-state index in [4.69, 9.17) is 4.74 Å². The van der Waals surface area contributed by atoms with Gasteiger partial charge in [-0.15, -0.1) is 5.10 Å². The summed E-state index contributed by atoms with van der Waals surface area (Å²) in [6.07, 6.45) is 0. The minimum Gasteiger partial charge on any atom is -0.497 e. The Morgan fingerprint density at radius 1 is 1.20 bits per heavy atom. The predicted octanol–water partition coefficient (Wildman–Crippen LogP) is 1.29. The molecule has 0 aliphatic carbocycles. The molecule has 0 spiro atoms. The highest BCUT2D eigenvalue weighted by atomic mass is 16.5. The van der Waals surface area contributed by atoms with Gasteiger partial charge in [-0.3, -0.25) is 0 Å². The number of aryl methyl sites for hydroxylation is 2. The highest BCUT2D eigenvalue weighted by Gasteiger charge is 2.05. The molecule has 1 aromatic heterocycles. The van der Waals surface area contributed by atoms with Crippen molar-refractivity contribution in [3.8, 4) is 11.4 Å². The Bertz CT molecular complexity index is 478. The van der Waals surface area contributed by atoms with Crippen LogP contribution < -0.4 is 4.74 Å². The van der Waals surface area contributed by atoms with Gasteiger partial charge in [-0.2, -0.15) is 4.68 Å². The number of nitrogens with zero attached hydrogens (tertiary/aromatic N) is 4. The average Bonchev–Trinajstić information content (AvgIpc) is 2.63. The van der Waals surface area contributed by atoms with E-state index in [1.807, 2.05) is 32.0 Å². The number of ether oxygens (including phenoxy) is 1. The summed E-state index contributed by atoms with van der Waals surface area (Å²) in [7, 11) is 1.64. The molecule has 0 N–H and O–H groups in total. The van der Waals surface area contributed by atoms with Crippen molar-refractivity contribution in [2.24, 2.45) is 0 Å². The van der Waals surface area contributed by atoms with E-state index in [-0.39, 0.29) is 0 Å². The smallest absolute Gasteiger partial charge is 0.153 e. The fourth-order valence-electron chi connectivity index (χ4n) is 1.44. The molecular weight excluding hydrogens is 192 g/mol. The molecule has 1 heterocycles. The summed E-state index contributed by atoms with van der Waals surface area (Å²) in [6.45, 7) is 3.86. The molecule has 1 aromatic carbocycles. The van der Waals surface area contributed by atoms with Crippen molar-refractivity contribution in [1.29, 1.82) is 0 Å². The lowest BCUT2D eigenvalue weighted by Crippen LogP contribution is -2.00. The van der Waals surface area contributed by atoms with Crippen LogP contribution in [-0.2, 0) is 0 Å². The lowest BCUT2D eigenvalue weighted by molar-refractivity contribution is 0.414. The molecule has 0 radical (unpaired) electrons. The van der Waals surface area contributed by atoms with E-state index in [0.717, 1.165) is 22.8 Å². The summed E-state index contributed by atoms with van der Waals surface area (Å²) >= 11 is 0. The molecule has 0 atom stereocenters. The van der Waals surface area contributed by atoms with Crippen molar-refractivity contribution in [3.05, 3.63) is 29.6 Å². The molecule has 2 aromatic rings. The molecule has 0 unspecified atom stereocenters. The van der Waals surface area contributed by atoms with Crippen molar-refractivity contribution in [3.63, 3.8) is 0 Å². The second kappa shape index (κ2) is 3.68. The van der Waals surface area contributed by atoms with Crippen LogP contribution in [0.25, 0.3) is 5.69 Å². The number of methoxy groups -OCH3 is 1. The van der Waals surface area contributed by atoms with Crippen molar-refractivity contribution >= 4 is 0 Å². The third-order valence-electron chi connectivity index (χ3n) is 2.14. The summed E-state index contributed by atoms with van der Waals surface area (Å²) in [5.41, 5.74) is 2.02. The highest BCUT2D eigenvalue weighted by molar-refractivity contribution is 5.42. The third-order valence-corrected chi connectivity index (χ3v) is 2.14. The van der Waals surface area contributed by atoms with E-state index in [1.165, 1.54) is 0 Å². The first-order chi connectivity index (χ1) is 7.20. The molecule has 0 saturated carbocycles. The highest BCUT2D eigenvalue weighted by Crippen LogP contribution is 2.19. The summed E-state index contributed by atoms with van der Waals surface area (Å²) < 4.78 is 6.87. The molecule has 0 aliphatic rings. The van der Waals surface area contributed by atoms with Crippen LogP contribution in [-0.4, -0.2) is 27.3 Å². The van der Waals surface area contributed by atoms with Gasteiger partial charge in [0.2, 0.25) is 0 Å². The molecule has 0 saturated heterocycles. The Labute approximate surface area is 87.7 Å². The Kier molecular flexibility index (Phi) is 2.37. The second-order valence-electron chi connectivity index (χ2n) is 3.35. The quantitative estimate of drug-likeness (QED) is 0.739. The zero-order valence-corrected chi connectivity index (χ0v) is 8.93. The standard InChI is InChI=1S/C10H12N4O/c1-7-4-9(6-10(5-7)15-3)14-8(2)11-12-13-14/h4-6H,1-3H3. The van der Waals surface area contributed by atoms with Gasteiger partial charge in [-0.1, -0.05) is 0 Å². The molecule has 2 rings (SSSR count). The Morgan fingerprint density at radius 2 is 2.00 bits per heavy atom. The van der Waals surface area contributed by atoms with Crippen molar-refractivity contribution in [2.75, 3.05) is 7.11 Å². The molecule has 0 aliphatic heterocycles. The topological polar surface area (TPSA) is 52.8 Å². The maximum absolute atomic E-state index is 5.19. The van der Waals surface area contributed by atoms with Gasteiger partial charge in [0.05, 0.1) is 12.8 Å². The van der Waals surface area contributed by atoms with E-state index in [0.29, 0.717) is 0 Å². The number of tetrazole rings is 1. The first-order valence-electron chi connectivity index (χ1n) is 4.62. The summed E-state index contributed by atoms with van der Waals surface area (Å²) in [6, 6.07) is 5.87. The maximum atomic E-state index is 5.19. The van der Waals surface area contributed by atoms with Gasteiger partial charge in [0, 0.05) is 6.07 Å². The van der Waals surface area contributed by atoms with Crippen molar-refractivity contribution in [2.45, 2.75) is 13.8 Å². The van der Waals surface area contributed by atoms with Crippen molar-refractivity contribution in [1.82, 2.24) is 20.2 Å². The van der Waals surface area contributed by atoms with Crippen molar-refractivity contribution < 1.29 is 4.74 Å². The first-order valence-corrected chi connectivity index (χ1v) is 4.62. The van der Waals surface area contributed by atoms with Crippen LogP contribution in [0.4, 0.5) is 0 Å². The third kappa shape index (κ3) is 1.81. The number of rotatable bonds is 2. The van der Waals surface area contributed by atoms with E-state index in [1.54, 1.807) is 11.8 Å². The molecule has 5 heteroatoms. The minimum atomic E-state index is 0.752. The molecule has 0 fully saturated rings. The number of benzene rings is 1.